The average molecular weight is 363 g/mol. The number of nitrogens with one attached hydrogen (secondary N) is 2. The van der Waals surface area contributed by atoms with E-state index in [0.29, 0.717) is 17.2 Å². The van der Waals surface area contributed by atoms with E-state index in [4.69, 9.17) is 4.52 Å². The van der Waals surface area contributed by atoms with Crippen molar-refractivity contribution in [3.8, 4) is 11.3 Å². The van der Waals surface area contributed by atoms with Crippen molar-refractivity contribution in [1.29, 1.82) is 0 Å². The third-order valence-electron chi connectivity index (χ3n) is 3.92. The number of amides is 2. The summed E-state index contributed by atoms with van der Waals surface area (Å²) >= 11 is 1.45. The molecule has 0 bridgehead atoms. The largest absolute Gasteiger partial charge is 0.359 e. The molecule has 1 fully saturated rings. The van der Waals surface area contributed by atoms with Crippen LogP contribution in [0.15, 0.2) is 34.9 Å². The van der Waals surface area contributed by atoms with Crippen molar-refractivity contribution in [3.63, 3.8) is 0 Å². The zero-order valence-electron chi connectivity index (χ0n) is 13.8. The molecular weight excluding hydrogens is 345 g/mol. The number of benzene rings is 1. The first-order valence-corrected chi connectivity index (χ1v) is 8.78. The van der Waals surface area contributed by atoms with Crippen molar-refractivity contribution in [3.05, 3.63) is 41.9 Å². The maximum absolute atomic E-state index is 12.9. The number of thioether (sulfide) groups is 1. The predicted molar refractivity (Wildman–Crippen MR) is 92.2 cm³/mol. The van der Waals surface area contributed by atoms with Crippen molar-refractivity contribution in [2.75, 3.05) is 5.75 Å². The molecule has 1 saturated heterocycles. The van der Waals surface area contributed by atoms with E-state index in [1.807, 2.05) is 13.8 Å². The first-order chi connectivity index (χ1) is 11.8. The van der Waals surface area contributed by atoms with E-state index in [-0.39, 0.29) is 24.2 Å². The quantitative estimate of drug-likeness (QED) is 0.869. The van der Waals surface area contributed by atoms with Crippen molar-refractivity contribution in [2.45, 2.75) is 31.2 Å². The Morgan fingerprint density at radius 1 is 1.44 bits per heavy atom. The highest BCUT2D eigenvalue weighted by Gasteiger charge is 2.37. The molecule has 0 aliphatic carbocycles. The highest BCUT2D eigenvalue weighted by molar-refractivity contribution is 8.01. The Kier molecular flexibility index (Phi) is 4.80. The van der Waals surface area contributed by atoms with E-state index in [2.05, 4.69) is 15.8 Å². The van der Waals surface area contributed by atoms with Gasteiger partial charge in [-0.3, -0.25) is 9.59 Å². The van der Waals surface area contributed by atoms with Gasteiger partial charge in [0.25, 0.3) is 0 Å². The molecule has 0 unspecified atom stereocenters. The minimum absolute atomic E-state index is 0.151. The Hall–Kier alpha value is -2.35. The molecule has 2 heterocycles. The van der Waals surface area contributed by atoms with Gasteiger partial charge in [-0.25, -0.2) is 4.39 Å². The molecule has 0 saturated carbocycles. The summed E-state index contributed by atoms with van der Waals surface area (Å²) in [5.74, 6) is 0.248. The number of hydrogen-bond donors (Lipinski definition) is 2. The molecule has 2 aromatic rings. The molecule has 6 nitrogen and oxygen atoms in total. The van der Waals surface area contributed by atoms with Crippen molar-refractivity contribution < 1.29 is 18.5 Å². The molecule has 8 heteroatoms. The lowest BCUT2D eigenvalue weighted by Crippen LogP contribution is -2.56. The first-order valence-electron chi connectivity index (χ1n) is 7.79. The molecule has 1 atom stereocenters. The molecule has 1 aliphatic heterocycles. The maximum atomic E-state index is 12.9. The zero-order valence-corrected chi connectivity index (χ0v) is 14.7. The van der Waals surface area contributed by atoms with Gasteiger partial charge in [0.2, 0.25) is 11.8 Å². The number of carbonyl (C=O) groups excluding carboxylic acids is 2. The Balaban J connectivity index is 1.56. The summed E-state index contributed by atoms with van der Waals surface area (Å²) in [4.78, 5) is 24.1. The van der Waals surface area contributed by atoms with Gasteiger partial charge < -0.3 is 15.2 Å². The number of hydrogen-bond acceptors (Lipinski definition) is 5. The third kappa shape index (κ3) is 4.01. The van der Waals surface area contributed by atoms with Crippen LogP contribution >= 0.6 is 11.8 Å². The van der Waals surface area contributed by atoms with Crippen LogP contribution < -0.4 is 10.6 Å². The van der Waals surface area contributed by atoms with E-state index >= 15 is 0 Å². The molecule has 132 valence electrons. The second-order valence-corrected chi connectivity index (χ2v) is 7.89. The van der Waals surface area contributed by atoms with E-state index in [9.17, 15) is 14.0 Å². The number of rotatable bonds is 4. The lowest BCUT2D eigenvalue weighted by atomic mass is 10.1. The summed E-state index contributed by atoms with van der Waals surface area (Å²) in [5.41, 5.74) is 1.29. The number of carbonyl (C=O) groups is 2. The first kappa shape index (κ1) is 17.5. The Morgan fingerprint density at radius 2 is 2.16 bits per heavy atom. The Morgan fingerprint density at radius 3 is 2.84 bits per heavy atom. The van der Waals surface area contributed by atoms with Gasteiger partial charge in [0.1, 0.15) is 17.6 Å². The predicted octanol–water partition coefficient (Wildman–Crippen LogP) is 2.11. The van der Waals surface area contributed by atoms with Crippen LogP contribution in [0.5, 0.6) is 0 Å². The van der Waals surface area contributed by atoms with Crippen molar-refractivity contribution in [1.82, 2.24) is 15.8 Å². The zero-order chi connectivity index (χ0) is 18.0. The van der Waals surface area contributed by atoms with Crippen molar-refractivity contribution >= 4 is 23.6 Å². The van der Waals surface area contributed by atoms with Gasteiger partial charge >= 0.3 is 0 Å². The van der Waals surface area contributed by atoms with Crippen LogP contribution in [0.3, 0.4) is 0 Å². The smallest absolute Gasteiger partial charge is 0.243 e. The average Bonchev–Trinajstić information content (AvgIpc) is 3.05. The van der Waals surface area contributed by atoms with Gasteiger partial charge in [0.15, 0.2) is 5.76 Å². The SMILES string of the molecule is CC1(C)SC[C@H](C(=O)NCc2cc(-c3ccc(F)cc3)no2)NC1=O. The lowest BCUT2D eigenvalue weighted by molar-refractivity contribution is -0.129. The Labute approximate surface area is 148 Å². The van der Waals surface area contributed by atoms with Crippen LogP contribution in [-0.4, -0.2) is 33.5 Å². The van der Waals surface area contributed by atoms with E-state index in [1.54, 1.807) is 18.2 Å². The molecule has 2 N–H and O–H groups in total. The van der Waals surface area contributed by atoms with Crippen LogP contribution in [0.4, 0.5) is 4.39 Å². The van der Waals surface area contributed by atoms with Gasteiger partial charge in [0, 0.05) is 17.4 Å². The fraction of sp³-hybridized carbons (Fsp3) is 0.353. The number of nitrogens with zero attached hydrogens (tertiary/aromatic N) is 1. The summed E-state index contributed by atoms with van der Waals surface area (Å²) in [6.07, 6.45) is 0. The molecule has 0 spiro atoms. The van der Waals surface area contributed by atoms with Crippen LogP contribution in [0.25, 0.3) is 11.3 Å². The molecule has 25 heavy (non-hydrogen) atoms. The molecule has 1 aromatic carbocycles. The van der Waals surface area contributed by atoms with E-state index < -0.39 is 10.8 Å². The topological polar surface area (TPSA) is 84.2 Å². The minimum Gasteiger partial charge on any atom is -0.359 e. The highest BCUT2D eigenvalue weighted by atomic mass is 32.2. The second-order valence-electron chi connectivity index (χ2n) is 6.25. The molecule has 3 rings (SSSR count). The molecule has 2 amide bonds. The molecule has 1 aromatic heterocycles. The summed E-state index contributed by atoms with van der Waals surface area (Å²) in [6.45, 7) is 3.81. The van der Waals surface area contributed by atoms with Crippen LogP contribution in [0.1, 0.15) is 19.6 Å². The third-order valence-corrected chi connectivity index (χ3v) is 5.32. The van der Waals surface area contributed by atoms with Gasteiger partial charge in [-0.05, 0) is 38.1 Å². The summed E-state index contributed by atoms with van der Waals surface area (Å²) in [5, 5.41) is 9.37. The van der Waals surface area contributed by atoms with Gasteiger partial charge in [-0.15, -0.1) is 11.8 Å². The maximum Gasteiger partial charge on any atom is 0.243 e. The molecule has 0 radical (unpaired) electrons. The fourth-order valence-corrected chi connectivity index (χ4v) is 3.33. The molecular formula is C17H18FN3O3S. The standard InChI is InChI=1S/C17H18FN3O3S/c1-17(2)16(23)20-14(9-25-17)15(22)19-8-12-7-13(21-24-12)10-3-5-11(18)6-4-10/h3-7,14H,8-9H2,1-2H3,(H,19,22)(H,20,23)/t14-/m1/s1. The van der Waals surface area contributed by atoms with Gasteiger partial charge in [-0.1, -0.05) is 5.16 Å². The highest BCUT2D eigenvalue weighted by Crippen LogP contribution is 2.29. The van der Waals surface area contributed by atoms with E-state index in [0.717, 1.165) is 5.56 Å². The number of halogens is 1. The van der Waals surface area contributed by atoms with Gasteiger partial charge in [-0.2, -0.15) is 0 Å². The van der Waals surface area contributed by atoms with Crippen LogP contribution in [0, 0.1) is 5.82 Å². The monoisotopic (exact) mass is 363 g/mol. The van der Waals surface area contributed by atoms with Gasteiger partial charge in [0.05, 0.1) is 11.3 Å². The summed E-state index contributed by atoms with van der Waals surface area (Å²) in [6, 6.07) is 7.01. The van der Waals surface area contributed by atoms with Crippen molar-refractivity contribution in [2.24, 2.45) is 0 Å². The lowest BCUT2D eigenvalue weighted by Gasteiger charge is -2.32. The summed E-state index contributed by atoms with van der Waals surface area (Å²) < 4.78 is 17.6. The Bertz CT molecular complexity index is 789. The summed E-state index contributed by atoms with van der Waals surface area (Å²) in [7, 11) is 0. The second kappa shape index (κ2) is 6.87. The van der Waals surface area contributed by atoms with E-state index in [1.165, 1.54) is 23.9 Å². The normalized spacial score (nSPS) is 19.3. The van der Waals surface area contributed by atoms with Crippen LogP contribution in [-0.2, 0) is 16.1 Å². The number of aromatic nitrogens is 1. The minimum atomic E-state index is -0.565. The van der Waals surface area contributed by atoms with Crippen LogP contribution in [0.2, 0.25) is 0 Å². The fourth-order valence-electron chi connectivity index (χ4n) is 2.32. The molecule has 1 aliphatic rings.